The van der Waals surface area contributed by atoms with Gasteiger partial charge in [-0.05, 0) is 13.3 Å². The molecule has 1 aliphatic rings. The smallest absolute Gasteiger partial charge is 0.328 e. The van der Waals surface area contributed by atoms with Crippen molar-refractivity contribution in [2.24, 2.45) is 0 Å². The second-order valence-electron chi connectivity index (χ2n) is 4.32. The monoisotopic (exact) mass is 240 g/mol. The van der Waals surface area contributed by atoms with Gasteiger partial charge >= 0.3 is 5.69 Å². The van der Waals surface area contributed by atoms with Crippen LogP contribution in [0, 0.1) is 6.92 Å². The number of aromatic nitrogens is 2. The first-order valence-corrected chi connectivity index (χ1v) is 5.66. The zero-order valence-corrected chi connectivity index (χ0v) is 9.84. The van der Waals surface area contributed by atoms with E-state index < -0.39 is 23.4 Å². The average molecular weight is 240 g/mol. The molecule has 2 unspecified atom stereocenters. The number of nitrogens with zero attached hydrogens (tertiary/aromatic N) is 1. The molecule has 2 N–H and O–H groups in total. The number of hydrogen-bond donors (Lipinski definition) is 2. The zero-order valence-electron chi connectivity index (χ0n) is 9.84. The van der Waals surface area contributed by atoms with E-state index >= 15 is 0 Å². The molecule has 3 atom stereocenters. The summed E-state index contributed by atoms with van der Waals surface area (Å²) >= 11 is 0. The van der Waals surface area contributed by atoms with E-state index in [-0.39, 0.29) is 12.7 Å². The van der Waals surface area contributed by atoms with Gasteiger partial charge in [-0.3, -0.25) is 14.3 Å². The van der Waals surface area contributed by atoms with Crippen LogP contribution in [0.2, 0.25) is 0 Å². The second-order valence-corrected chi connectivity index (χ2v) is 4.32. The Hall–Kier alpha value is -1.40. The summed E-state index contributed by atoms with van der Waals surface area (Å²) in [5.74, 6) is 0. The van der Waals surface area contributed by atoms with Crippen molar-refractivity contribution in [2.75, 3.05) is 6.61 Å². The first-order chi connectivity index (χ1) is 8.04. The Morgan fingerprint density at radius 2 is 2.29 bits per heavy atom. The molecule has 1 aromatic heterocycles. The van der Waals surface area contributed by atoms with Crippen LogP contribution in [0.5, 0.6) is 0 Å². The van der Waals surface area contributed by atoms with Gasteiger partial charge in [0.1, 0.15) is 6.10 Å². The maximum atomic E-state index is 11.7. The van der Waals surface area contributed by atoms with Crippen LogP contribution in [0.25, 0.3) is 0 Å². The number of H-pyrrole nitrogens is 1. The number of ether oxygens (including phenoxy) is 1. The van der Waals surface area contributed by atoms with E-state index in [2.05, 4.69) is 4.98 Å². The minimum Gasteiger partial charge on any atom is -0.388 e. The third-order valence-corrected chi connectivity index (χ3v) is 3.16. The van der Waals surface area contributed by atoms with Crippen LogP contribution in [0.15, 0.2) is 15.8 Å². The fourth-order valence-electron chi connectivity index (χ4n) is 2.10. The molecule has 2 heterocycles. The van der Waals surface area contributed by atoms with Gasteiger partial charge in [0, 0.05) is 11.8 Å². The van der Waals surface area contributed by atoms with Crippen molar-refractivity contribution in [2.45, 2.75) is 38.5 Å². The van der Waals surface area contributed by atoms with E-state index in [1.165, 1.54) is 10.8 Å². The number of nitrogens with one attached hydrogen (secondary N) is 1. The maximum absolute atomic E-state index is 11.7. The lowest BCUT2D eigenvalue weighted by Crippen LogP contribution is -2.38. The highest BCUT2D eigenvalue weighted by atomic mass is 16.5. The summed E-state index contributed by atoms with van der Waals surface area (Å²) in [6.07, 6.45) is 1.19. The van der Waals surface area contributed by atoms with Gasteiger partial charge in [0.15, 0.2) is 0 Å². The molecular formula is C11H16N2O4. The molecule has 94 valence electrons. The Labute approximate surface area is 97.9 Å². The Balaban J connectivity index is 2.39. The van der Waals surface area contributed by atoms with Gasteiger partial charge in [-0.2, -0.15) is 0 Å². The van der Waals surface area contributed by atoms with Gasteiger partial charge in [0.2, 0.25) is 0 Å². The van der Waals surface area contributed by atoms with E-state index in [9.17, 15) is 14.7 Å². The molecule has 0 radical (unpaired) electrons. The van der Waals surface area contributed by atoms with Crippen molar-refractivity contribution in [1.82, 2.24) is 9.55 Å². The van der Waals surface area contributed by atoms with Crippen molar-refractivity contribution in [3.8, 4) is 0 Å². The van der Waals surface area contributed by atoms with Crippen LogP contribution in [0.1, 0.15) is 24.9 Å². The van der Waals surface area contributed by atoms with Crippen molar-refractivity contribution >= 4 is 0 Å². The number of hydrogen-bond acceptors (Lipinski definition) is 4. The van der Waals surface area contributed by atoms with Crippen LogP contribution < -0.4 is 11.2 Å². The molecule has 0 saturated carbocycles. The van der Waals surface area contributed by atoms with E-state index in [1.54, 1.807) is 6.92 Å². The lowest BCUT2D eigenvalue weighted by Gasteiger charge is -2.18. The maximum Gasteiger partial charge on any atom is 0.328 e. The molecule has 1 saturated heterocycles. The van der Waals surface area contributed by atoms with E-state index in [4.69, 9.17) is 4.74 Å². The summed E-state index contributed by atoms with van der Waals surface area (Å²) in [4.78, 5) is 25.1. The Bertz CT molecular complexity index is 519. The Morgan fingerprint density at radius 3 is 2.88 bits per heavy atom. The summed E-state index contributed by atoms with van der Waals surface area (Å²) in [7, 11) is 0. The SMILES string of the molecule is CC[C@@H]1OCC(n2cc(C)c(=O)[nH]c2=O)C1O. The molecular weight excluding hydrogens is 224 g/mol. The molecule has 1 aromatic rings. The first kappa shape index (κ1) is 12.1. The topological polar surface area (TPSA) is 84.3 Å². The minimum atomic E-state index is -0.719. The minimum absolute atomic E-state index is 0.251. The van der Waals surface area contributed by atoms with Gasteiger partial charge < -0.3 is 9.84 Å². The largest absolute Gasteiger partial charge is 0.388 e. The highest BCUT2D eigenvalue weighted by molar-refractivity contribution is 5.03. The van der Waals surface area contributed by atoms with Crippen LogP contribution in [0.3, 0.4) is 0 Å². The highest BCUT2D eigenvalue weighted by Gasteiger charge is 2.36. The van der Waals surface area contributed by atoms with Gasteiger partial charge in [-0.15, -0.1) is 0 Å². The van der Waals surface area contributed by atoms with Crippen molar-refractivity contribution in [1.29, 1.82) is 0 Å². The molecule has 6 heteroatoms. The van der Waals surface area contributed by atoms with Gasteiger partial charge in [0.05, 0.1) is 18.8 Å². The summed E-state index contributed by atoms with van der Waals surface area (Å²) in [5.41, 5.74) is -0.464. The molecule has 1 aliphatic heterocycles. The predicted molar refractivity (Wildman–Crippen MR) is 61.1 cm³/mol. The molecule has 0 amide bonds. The highest BCUT2D eigenvalue weighted by Crippen LogP contribution is 2.25. The second kappa shape index (κ2) is 4.46. The van der Waals surface area contributed by atoms with Crippen molar-refractivity contribution in [3.05, 3.63) is 32.6 Å². The molecule has 17 heavy (non-hydrogen) atoms. The third-order valence-electron chi connectivity index (χ3n) is 3.16. The average Bonchev–Trinajstić information content (AvgIpc) is 2.65. The zero-order chi connectivity index (χ0) is 12.6. The van der Waals surface area contributed by atoms with Crippen LogP contribution in [0.4, 0.5) is 0 Å². The number of aryl methyl sites for hydroxylation is 1. The van der Waals surface area contributed by atoms with Crippen molar-refractivity contribution < 1.29 is 9.84 Å². The molecule has 6 nitrogen and oxygen atoms in total. The fraction of sp³-hybridized carbons (Fsp3) is 0.636. The van der Waals surface area contributed by atoms with E-state index in [1.807, 2.05) is 6.92 Å². The summed E-state index contributed by atoms with van der Waals surface area (Å²) in [5, 5.41) is 10.0. The quantitative estimate of drug-likeness (QED) is 0.733. The summed E-state index contributed by atoms with van der Waals surface area (Å²) < 4.78 is 6.75. The lowest BCUT2D eigenvalue weighted by atomic mass is 10.1. The molecule has 0 bridgehead atoms. The summed E-state index contributed by atoms with van der Waals surface area (Å²) in [6.45, 7) is 3.82. The van der Waals surface area contributed by atoms with E-state index in [0.717, 1.165) is 0 Å². The van der Waals surface area contributed by atoms with Crippen LogP contribution in [-0.4, -0.2) is 33.5 Å². The summed E-state index contributed by atoms with van der Waals surface area (Å²) in [6, 6.07) is -0.428. The number of rotatable bonds is 2. The van der Waals surface area contributed by atoms with Gasteiger partial charge in [-0.1, -0.05) is 6.92 Å². The molecule has 0 aromatic carbocycles. The Kier molecular flexibility index (Phi) is 3.17. The fourth-order valence-corrected chi connectivity index (χ4v) is 2.10. The van der Waals surface area contributed by atoms with E-state index in [0.29, 0.717) is 12.0 Å². The predicted octanol–water partition coefficient (Wildman–Crippen LogP) is -0.444. The number of aliphatic hydroxyl groups is 1. The van der Waals surface area contributed by atoms with Gasteiger partial charge in [-0.25, -0.2) is 4.79 Å². The third kappa shape index (κ3) is 2.05. The van der Waals surface area contributed by atoms with Crippen molar-refractivity contribution in [3.63, 3.8) is 0 Å². The molecule has 1 fully saturated rings. The molecule has 0 spiro atoms. The number of aromatic amines is 1. The van der Waals surface area contributed by atoms with Crippen LogP contribution >= 0.6 is 0 Å². The first-order valence-electron chi connectivity index (χ1n) is 5.66. The standard InChI is InChI=1S/C11H16N2O4/c1-3-8-9(14)7(5-17-8)13-4-6(2)10(15)12-11(13)16/h4,7-9,14H,3,5H2,1-2H3,(H,12,15,16)/t7?,8-,9?/m0/s1. The molecule has 0 aliphatic carbocycles. The van der Waals surface area contributed by atoms with Crippen LogP contribution in [-0.2, 0) is 4.74 Å². The Morgan fingerprint density at radius 1 is 1.59 bits per heavy atom. The lowest BCUT2D eigenvalue weighted by molar-refractivity contribution is 0.0371. The number of aliphatic hydroxyl groups excluding tert-OH is 1. The molecule has 2 rings (SSSR count). The normalized spacial score (nSPS) is 28.5. The van der Waals surface area contributed by atoms with Gasteiger partial charge in [0.25, 0.3) is 5.56 Å².